The number of benzene rings is 1. The highest BCUT2D eigenvalue weighted by Gasteiger charge is 2.51. The molecule has 0 aliphatic heterocycles. The molecule has 1 fully saturated rings. The third-order valence-electron chi connectivity index (χ3n) is 4.38. The molecule has 24 heavy (non-hydrogen) atoms. The third-order valence-corrected chi connectivity index (χ3v) is 5.30. The zero-order chi connectivity index (χ0) is 17.1. The van der Waals surface area contributed by atoms with E-state index in [-0.39, 0.29) is 11.5 Å². The molecule has 0 saturated heterocycles. The van der Waals surface area contributed by atoms with E-state index in [1.807, 2.05) is 26.0 Å². The van der Waals surface area contributed by atoms with Crippen molar-refractivity contribution in [1.29, 1.82) is 0 Å². The van der Waals surface area contributed by atoms with Crippen molar-refractivity contribution in [2.75, 3.05) is 0 Å². The molecule has 2 heterocycles. The minimum absolute atomic E-state index is 0.0900. The maximum Gasteiger partial charge on any atom is 0.264 e. The summed E-state index contributed by atoms with van der Waals surface area (Å²) < 4.78 is 2.55. The zero-order valence-electron chi connectivity index (χ0n) is 13.3. The SMILES string of the molecule is Cc1cc(C)cc(-n2ncc3c(=O)n(CC4CC4(Cl)Cl)cnc32)c1. The van der Waals surface area contributed by atoms with Crippen molar-refractivity contribution in [2.45, 2.75) is 31.1 Å². The van der Waals surface area contributed by atoms with E-state index in [0.717, 1.165) is 16.8 Å². The third kappa shape index (κ3) is 2.62. The van der Waals surface area contributed by atoms with E-state index in [0.29, 0.717) is 24.0 Å². The lowest BCUT2D eigenvalue weighted by atomic mass is 10.1. The molecule has 0 N–H and O–H groups in total. The van der Waals surface area contributed by atoms with Gasteiger partial charge in [0.15, 0.2) is 5.65 Å². The molecule has 5 nitrogen and oxygen atoms in total. The summed E-state index contributed by atoms with van der Waals surface area (Å²) in [6.45, 7) is 4.54. The van der Waals surface area contributed by atoms with Gasteiger partial charge in [0.05, 0.1) is 18.2 Å². The van der Waals surface area contributed by atoms with Gasteiger partial charge < -0.3 is 0 Å². The molecule has 1 saturated carbocycles. The highest BCUT2D eigenvalue weighted by atomic mass is 35.5. The van der Waals surface area contributed by atoms with Gasteiger partial charge in [-0.05, 0) is 43.5 Å². The molecule has 1 aliphatic rings. The van der Waals surface area contributed by atoms with Crippen LogP contribution < -0.4 is 5.56 Å². The molecular weight excluding hydrogens is 347 g/mol. The average molecular weight is 363 g/mol. The Morgan fingerprint density at radius 1 is 1.25 bits per heavy atom. The Labute approximate surface area is 148 Å². The predicted molar refractivity (Wildman–Crippen MR) is 95.1 cm³/mol. The van der Waals surface area contributed by atoms with E-state index in [1.165, 1.54) is 0 Å². The summed E-state index contributed by atoms with van der Waals surface area (Å²) in [6, 6.07) is 6.13. The summed E-state index contributed by atoms with van der Waals surface area (Å²) in [5.74, 6) is 0.0900. The Morgan fingerprint density at radius 2 is 1.92 bits per heavy atom. The van der Waals surface area contributed by atoms with Gasteiger partial charge in [0, 0.05) is 12.5 Å². The Bertz CT molecular complexity index is 985. The molecule has 1 aliphatic carbocycles. The first kappa shape index (κ1) is 15.7. The van der Waals surface area contributed by atoms with Crippen LogP contribution in [0.2, 0.25) is 0 Å². The lowest BCUT2D eigenvalue weighted by Gasteiger charge is -2.07. The van der Waals surface area contributed by atoms with E-state index in [9.17, 15) is 4.79 Å². The maximum absolute atomic E-state index is 12.7. The van der Waals surface area contributed by atoms with Crippen LogP contribution in [0.25, 0.3) is 16.7 Å². The van der Waals surface area contributed by atoms with Gasteiger partial charge in [0.25, 0.3) is 5.56 Å². The van der Waals surface area contributed by atoms with Crippen LogP contribution in [-0.2, 0) is 6.54 Å². The summed E-state index contributed by atoms with van der Waals surface area (Å²) in [5.41, 5.74) is 3.61. The topological polar surface area (TPSA) is 52.7 Å². The van der Waals surface area contributed by atoms with E-state index in [2.05, 4.69) is 16.1 Å². The number of aryl methyl sites for hydroxylation is 2. The predicted octanol–water partition coefficient (Wildman–Crippen LogP) is 3.39. The second-order valence-corrected chi connectivity index (χ2v) is 8.05. The fourth-order valence-corrected chi connectivity index (χ4v) is 3.56. The van der Waals surface area contributed by atoms with E-state index >= 15 is 0 Å². The van der Waals surface area contributed by atoms with Gasteiger partial charge >= 0.3 is 0 Å². The first-order chi connectivity index (χ1) is 11.3. The van der Waals surface area contributed by atoms with Gasteiger partial charge in [0.1, 0.15) is 9.72 Å². The fourth-order valence-electron chi connectivity index (χ4n) is 3.05. The Hall–Kier alpha value is -1.85. The van der Waals surface area contributed by atoms with Crippen LogP contribution in [-0.4, -0.2) is 23.7 Å². The fraction of sp³-hybridized carbons (Fsp3) is 0.353. The van der Waals surface area contributed by atoms with Crippen LogP contribution >= 0.6 is 23.2 Å². The molecule has 0 amide bonds. The monoisotopic (exact) mass is 362 g/mol. The normalized spacial score (nSPS) is 18.9. The molecule has 4 rings (SSSR count). The molecule has 1 unspecified atom stereocenters. The second kappa shape index (κ2) is 5.33. The summed E-state index contributed by atoms with van der Waals surface area (Å²) in [4.78, 5) is 17.1. The van der Waals surface area contributed by atoms with Crippen LogP contribution in [0.15, 0.2) is 35.5 Å². The number of hydrogen-bond donors (Lipinski definition) is 0. The van der Waals surface area contributed by atoms with E-state index in [4.69, 9.17) is 23.2 Å². The smallest absolute Gasteiger partial charge is 0.264 e. The van der Waals surface area contributed by atoms with Crippen LogP contribution in [0.4, 0.5) is 0 Å². The highest BCUT2D eigenvalue weighted by Crippen LogP contribution is 2.53. The van der Waals surface area contributed by atoms with Gasteiger partial charge in [-0.25, -0.2) is 9.67 Å². The maximum atomic E-state index is 12.7. The van der Waals surface area contributed by atoms with Crippen molar-refractivity contribution >= 4 is 34.2 Å². The van der Waals surface area contributed by atoms with Crippen molar-refractivity contribution in [3.63, 3.8) is 0 Å². The van der Waals surface area contributed by atoms with Gasteiger partial charge in [0.2, 0.25) is 0 Å². The van der Waals surface area contributed by atoms with Crippen LogP contribution in [0, 0.1) is 19.8 Å². The van der Waals surface area contributed by atoms with Gasteiger partial charge in [-0.2, -0.15) is 5.10 Å². The number of fused-ring (bicyclic) bond motifs is 1. The van der Waals surface area contributed by atoms with Gasteiger partial charge in [-0.15, -0.1) is 23.2 Å². The first-order valence-corrected chi connectivity index (χ1v) is 8.50. The summed E-state index contributed by atoms with van der Waals surface area (Å²) in [7, 11) is 0. The molecule has 1 atom stereocenters. The van der Waals surface area contributed by atoms with Crippen molar-refractivity contribution in [3.8, 4) is 5.69 Å². The summed E-state index contributed by atoms with van der Waals surface area (Å²) >= 11 is 12.1. The summed E-state index contributed by atoms with van der Waals surface area (Å²) in [6.07, 6.45) is 3.82. The Balaban J connectivity index is 1.78. The van der Waals surface area contributed by atoms with Gasteiger partial charge in [-0.3, -0.25) is 9.36 Å². The largest absolute Gasteiger partial charge is 0.298 e. The van der Waals surface area contributed by atoms with Crippen LogP contribution in [0.3, 0.4) is 0 Å². The van der Waals surface area contributed by atoms with E-state index in [1.54, 1.807) is 21.8 Å². The van der Waals surface area contributed by atoms with Crippen molar-refractivity contribution in [3.05, 3.63) is 52.2 Å². The lowest BCUT2D eigenvalue weighted by Crippen LogP contribution is -2.22. The molecule has 3 aromatic rings. The molecular formula is C17H16Cl2N4O. The quantitative estimate of drug-likeness (QED) is 0.671. The van der Waals surface area contributed by atoms with Crippen LogP contribution in [0.1, 0.15) is 17.5 Å². The van der Waals surface area contributed by atoms with Crippen molar-refractivity contribution in [2.24, 2.45) is 5.92 Å². The number of hydrogen-bond acceptors (Lipinski definition) is 3. The lowest BCUT2D eigenvalue weighted by molar-refractivity contribution is 0.596. The minimum Gasteiger partial charge on any atom is -0.298 e. The van der Waals surface area contributed by atoms with Crippen LogP contribution in [0.5, 0.6) is 0 Å². The molecule has 0 spiro atoms. The minimum atomic E-state index is -0.711. The molecule has 1 aromatic carbocycles. The van der Waals surface area contributed by atoms with E-state index < -0.39 is 4.33 Å². The number of nitrogens with zero attached hydrogens (tertiary/aromatic N) is 4. The molecule has 124 valence electrons. The molecule has 0 radical (unpaired) electrons. The van der Waals surface area contributed by atoms with Gasteiger partial charge in [-0.1, -0.05) is 6.07 Å². The standard InChI is InChI=1S/C17H16Cl2N4O/c1-10-3-11(2)5-13(4-10)23-15-14(7-21-23)16(24)22(9-20-15)8-12-6-17(12,18)19/h3-5,7,9,12H,6,8H2,1-2H3. The molecule has 0 bridgehead atoms. The average Bonchev–Trinajstić information content (AvgIpc) is 2.93. The Morgan fingerprint density at radius 3 is 2.54 bits per heavy atom. The number of alkyl halides is 2. The summed E-state index contributed by atoms with van der Waals surface area (Å²) in [5, 5.41) is 4.85. The highest BCUT2D eigenvalue weighted by molar-refractivity contribution is 6.50. The number of aromatic nitrogens is 4. The molecule has 2 aromatic heterocycles. The first-order valence-electron chi connectivity index (χ1n) is 7.75. The van der Waals surface area contributed by atoms with Crippen molar-refractivity contribution < 1.29 is 0 Å². The number of halogens is 2. The molecule has 7 heteroatoms. The second-order valence-electron chi connectivity index (χ2n) is 6.50. The van der Waals surface area contributed by atoms with Crippen molar-refractivity contribution in [1.82, 2.24) is 19.3 Å². The zero-order valence-corrected chi connectivity index (χ0v) is 14.8. The Kier molecular flexibility index (Phi) is 3.48. The number of rotatable bonds is 3.